The molecule has 13 heteroatoms. The van der Waals surface area contributed by atoms with Crippen molar-refractivity contribution < 1.29 is 27.7 Å². The van der Waals surface area contributed by atoms with Crippen molar-refractivity contribution in [1.29, 1.82) is 0 Å². The number of anilines is 1. The number of amides is 2. The van der Waals surface area contributed by atoms with Crippen LogP contribution in [0.2, 0.25) is 5.02 Å². The molecule has 1 fully saturated rings. The Bertz CT molecular complexity index is 1300. The molecule has 2 amide bonds. The van der Waals surface area contributed by atoms with Crippen molar-refractivity contribution in [1.82, 2.24) is 10.2 Å². The maximum Gasteiger partial charge on any atom is 0.271 e. The molecule has 0 bridgehead atoms. The summed E-state index contributed by atoms with van der Waals surface area (Å²) in [7, 11) is -2.81. The van der Waals surface area contributed by atoms with Gasteiger partial charge in [-0.3, -0.25) is 24.0 Å². The highest BCUT2D eigenvalue weighted by Gasteiger charge is 2.34. The number of hydrogen-bond acceptors (Lipinski definition) is 7. The average molecular weight is 581 g/mol. The lowest BCUT2D eigenvalue weighted by Gasteiger charge is -2.33. The molecule has 0 saturated heterocycles. The molecule has 1 aliphatic rings. The summed E-state index contributed by atoms with van der Waals surface area (Å²) in [5.41, 5.74) is 0.170. The summed E-state index contributed by atoms with van der Waals surface area (Å²) in [5, 5.41) is 14.9. The van der Waals surface area contributed by atoms with Crippen molar-refractivity contribution in [2.75, 3.05) is 24.2 Å². The molecule has 0 heterocycles. The fourth-order valence-electron chi connectivity index (χ4n) is 4.66. The van der Waals surface area contributed by atoms with E-state index in [-0.39, 0.29) is 42.0 Å². The number of carbonyl (C=O) groups excluding carboxylic acids is 2. The third-order valence-corrected chi connectivity index (χ3v) is 8.05. The van der Waals surface area contributed by atoms with Crippen molar-refractivity contribution in [3.63, 3.8) is 0 Å². The second kappa shape index (κ2) is 13.1. The van der Waals surface area contributed by atoms with E-state index in [0.29, 0.717) is 10.6 Å². The number of carbonyl (C=O) groups is 2. The first-order valence-corrected chi connectivity index (χ1v) is 14.8. The monoisotopic (exact) mass is 580 g/mol. The topological polar surface area (TPSA) is 139 Å². The van der Waals surface area contributed by atoms with Crippen LogP contribution in [-0.2, 0) is 26.2 Å². The van der Waals surface area contributed by atoms with Gasteiger partial charge in [0, 0.05) is 29.7 Å². The Kier molecular flexibility index (Phi) is 10.1. The van der Waals surface area contributed by atoms with Crippen LogP contribution >= 0.6 is 11.6 Å². The number of nitro benzene ring substituents is 1. The largest absolute Gasteiger partial charge is 0.495 e. The van der Waals surface area contributed by atoms with Crippen LogP contribution in [0.1, 0.15) is 44.6 Å². The quantitative estimate of drug-likeness (QED) is 0.297. The number of nitrogens with zero attached hydrogens (tertiary/aromatic N) is 3. The van der Waals surface area contributed by atoms with Crippen molar-refractivity contribution in [3.8, 4) is 5.75 Å². The molecule has 3 rings (SSSR count). The summed E-state index contributed by atoms with van der Waals surface area (Å²) in [5.74, 6) is -0.933. The van der Waals surface area contributed by atoms with Crippen LogP contribution in [0.4, 0.5) is 11.4 Å². The summed E-state index contributed by atoms with van der Waals surface area (Å²) < 4.78 is 31.8. The van der Waals surface area contributed by atoms with E-state index >= 15 is 0 Å². The van der Waals surface area contributed by atoms with E-state index < -0.39 is 33.4 Å². The van der Waals surface area contributed by atoms with E-state index in [0.717, 1.165) is 42.3 Å². The number of non-ortho nitro benzene ring substituents is 1. The van der Waals surface area contributed by atoms with Gasteiger partial charge in [0.1, 0.15) is 24.0 Å². The molecule has 1 aliphatic carbocycles. The molecular weight excluding hydrogens is 548 g/mol. The van der Waals surface area contributed by atoms with Crippen LogP contribution in [0.15, 0.2) is 42.5 Å². The first kappa shape index (κ1) is 30.2. The normalized spacial score (nSPS) is 14.5. The Morgan fingerprint density at radius 3 is 2.36 bits per heavy atom. The van der Waals surface area contributed by atoms with E-state index in [4.69, 9.17) is 16.3 Å². The fourth-order valence-corrected chi connectivity index (χ4v) is 5.63. The Hall–Kier alpha value is -3.38. The third-order valence-electron chi connectivity index (χ3n) is 6.67. The molecule has 0 spiro atoms. The number of methoxy groups -OCH3 is 1. The summed E-state index contributed by atoms with van der Waals surface area (Å²) in [6.07, 6.45) is 4.94. The van der Waals surface area contributed by atoms with E-state index in [1.165, 1.54) is 24.1 Å². The lowest BCUT2D eigenvalue weighted by atomic mass is 10.1. The van der Waals surface area contributed by atoms with E-state index in [1.807, 2.05) is 0 Å². The van der Waals surface area contributed by atoms with Gasteiger partial charge in [0.15, 0.2) is 0 Å². The van der Waals surface area contributed by atoms with Gasteiger partial charge in [0.25, 0.3) is 5.69 Å². The van der Waals surface area contributed by atoms with E-state index in [2.05, 4.69) is 5.32 Å². The number of ether oxygens (including phenoxy) is 1. The average Bonchev–Trinajstić information content (AvgIpc) is 3.40. The van der Waals surface area contributed by atoms with Gasteiger partial charge in [-0.2, -0.15) is 0 Å². The highest BCUT2D eigenvalue weighted by atomic mass is 35.5. The predicted octanol–water partition coefficient (Wildman–Crippen LogP) is 3.89. The minimum absolute atomic E-state index is 0.0241. The minimum atomic E-state index is -4.11. The smallest absolute Gasteiger partial charge is 0.271 e. The first-order chi connectivity index (χ1) is 18.4. The van der Waals surface area contributed by atoms with Crippen LogP contribution < -0.4 is 14.4 Å². The molecule has 0 unspecified atom stereocenters. The van der Waals surface area contributed by atoms with Gasteiger partial charge >= 0.3 is 0 Å². The van der Waals surface area contributed by atoms with Gasteiger partial charge in [-0.1, -0.05) is 43.5 Å². The molecule has 0 aliphatic heterocycles. The van der Waals surface area contributed by atoms with Gasteiger partial charge in [0.05, 0.1) is 18.3 Å². The van der Waals surface area contributed by atoms with Crippen molar-refractivity contribution in [2.24, 2.45) is 0 Å². The zero-order valence-corrected chi connectivity index (χ0v) is 23.7. The van der Waals surface area contributed by atoms with Crippen LogP contribution in [-0.4, -0.2) is 62.0 Å². The SMILES string of the molecule is CC[C@@H](C(=O)NC1CCCC1)N(Cc1ccc(Cl)cc1)C(=O)CN(c1cc([N+](=O)[O-])ccc1OC)S(C)(=O)=O. The highest BCUT2D eigenvalue weighted by Crippen LogP contribution is 2.34. The fraction of sp³-hybridized carbons (Fsp3) is 0.462. The number of rotatable bonds is 12. The summed E-state index contributed by atoms with van der Waals surface area (Å²) in [6.45, 7) is 1.10. The second-order valence-electron chi connectivity index (χ2n) is 9.45. The van der Waals surface area contributed by atoms with Gasteiger partial charge < -0.3 is 15.0 Å². The molecular formula is C26H33ClN4O7S. The van der Waals surface area contributed by atoms with Crippen LogP contribution in [0, 0.1) is 10.1 Å². The first-order valence-electron chi connectivity index (χ1n) is 12.6. The number of sulfonamides is 1. The number of hydrogen-bond donors (Lipinski definition) is 1. The maximum atomic E-state index is 13.8. The third kappa shape index (κ3) is 7.82. The number of nitro groups is 1. The standard InChI is InChI=1S/C26H33ClN4O7S/c1-4-22(26(33)28-20-7-5-6-8-20)29(16-18-9-11-19(27)12-10-18)25(32)17-30(39(3,36)37)23-15-21(31(34)35)13-14-24(23)38-2/h9-15,20,22H,4-8,16-17H2,1-3H3,(H,28,33)/t22-/m0/s1. The Morgan fingerprint density at radius 2 is 1.82 bits per heavy atom. The molecule has 1 N–H and O–H groups in total. The summed E-state index contributed by atoms with van der Waals surface area (Å²) in [4.78, 5) is 39.3. The van der Waals surface area contributed by atoms with Crippen molar-refractivity contribution in [3.05, 3.63) is 63.2 Å². The molecule has 1 atom stereocenters. The van der Waals surface area contributed by atoms with Gasteiger partial charge in [-0.05, 0) is 43.0 Å². The zero-order valence-electron chi connectivity index (χ0n) is 22.1. The molecule has 0 radical (unpaired) electrons. The Labute approximate surface area is 233 Å². The molecule has 0 aromatic heterocycles. The molecule has 11 nitrogen and oxygen atoms in total. The Morgan fingerprint density at radius 1 is 1.18 bits per heavy atom. The van der Waals surface area contributed by atoms with Crippen LogP contribution in [0.5, 0.6) is 5.75 Å². The van der Waals surface area contributed by atoms with E-state index in [9.17, 15) is 28.1 Å². The predicted molar refractivity (Wildman–Crippen MR) is 148 cm³/mol. The maximum absolute atomic E-state index is 13.8. The van der Waals surface area contributed by atoms with Crippen LogP contribution in [0.3, 0.4) is 0 Å². The number of benzene rings is 2. The molecule has 1 saturated carbocycles. The lowest BCUT2D eigenvalue weighted by Crippen LogP contribution is -2.53. The van der Waals surface area contributed by atoms with Gasteiger partial charge in [-0.25, -0.2) is 8.42 Å². The molecule has 2 aromatic rings. The van der Waals surface area contributed by atoms with Crippen molar-refractivity contribution >= 4 is 44.8 Å². The molecule has 212 valence electrons. The van der Waals surface area contributed by atoms with E-state index in [1.54, 1.807) is 31.2 Å². The molecule has 39 heavy (non-hydrogen) atoms. The summed E-state index contributed by atoms with van der Waals surface area (Å²) in [6, 6.07) is 9.42. The van der Waals surface area contributed by atoms with Crippen LogP contribution in [0.25, 0.3) is 0 Å². The minimum Gasteiger partial charge on any atom is -0.495 e. The zero-order chi connectivity index (χ0) is 28.7. The van der Waals surface area contributed by atoms with Gasteiger partial charge in [-0.15, -0.1) is 0 Å². The number of nitrogens with one attached hydrogen (secondary N) is 1. The van der Waals surface area contributed by atoms with Gasteiger partial charge in [0.2, 0.25) is 21.8 Å². The highest BCUT2D eigenvalue weighted by molar-refractivity contribution is 7.92. The van der Waals surface area contributed by atoms with Crippen molar-refractivity contribution in [2.45, 2.75) is 57.7 Å². The number of halogens is 1. The molecule has 2 aromatic carbocycles. The summed E-state index contributed by atoms with van der Waals surface area (Å²) >= 11 is 6.02. The lowest BCUT2D eigenvalue weighted by molar-refractivity contribution is -0.384. The second-order valence-corrected chi connectivity index (χ2v) is 11.8. The Balaban J connectivity index is 2.00.